The van der Waals surface area contributed by atoms with Gasteiger partial charge in [-0.3, -0.25) is 14.5 Å². The van der Waals surface area contributed by atoms with E-state index in [1.807, 2.05) is 13.8 Å². The van der Waals surface area contributed by atoms with Crippen molar-refractivity contribution in [1.82, 2.24) is 4.90 Å². The molecule has 1 heterocycles. The number of hydrogen-bond donors (Lipinski definition) is 1. The molecule has 1 fully saturated rings. The molecular formula is C13H23NO4. The Morgan fingerprint density at radius 2 is 1.67 bits per heavy atom. The van der Waals surface area contributed by atoms with Crippen molar-refractivity contribution in [2.75, 3.05) is 19.8 Å². The Morgan fingerprint density at radius 3 is 2.11 bits per heavy atom. The van der Waals surface area contributed by atoms with Crippen LogP contribution in [0.2, 0.25) is 0 Å². The SMILES string of the molecule is CC(C)COC[C@H](O)CN1C(=O)[C@H](C)[C@@H](C)C1=O. The van der Waals surface area contributed by atoms with Crippen LogP contribution in [0.4, 0.5) is 0 Å². The van der Waals surface area contributed by atoms with Gasteiger partial charge >= 0.3 is 0 Å². The Bertz CT molecular complexity index is 296. The zero-order valence-electron chi connectivity index (χ0n) is 11.5. The van der Waals surface area contributed by atoms with Crippen molar-refractivity contribution in [1.29, 1.82) is 0 Å². The molecule has 0 unspecified atom stereocenters. The number of amides is 2. The van der Waals surface area contributed by atoms with Gasteiger partial charge < -0.3 is 9.84 Å². The van der Waals surface area contributed by atoms with Gasteiger partial charge in [0.2, 0.25) is 11.8 Å². The highest BCUT2D eigenvalue weighted by atomic mass is 16.5. The number of aliphatic hydroxyl groups is 1. The Hall–Kier alpha value is -0.940. The summed E-state index contributed by atoms with van der Waals surface area (Å²) in [6.07, 6.45) is -0.811. The number of hydrogen-bond acceptors (Lipinski definition) is 4. The highest BCUT2D eigenvalue weighted by Crippen LogP contribution is 2.25. The number of aliphatic hydroxyl groups excluding tert-OH is 1. The molecule has 1 aliphatic rings. The highest BCUT2D eigenvalue weighted by Gasteiger charge is 2.42. The van der Waals surface area contributed by atoms with Gasteiger partial charge in [-0.2, -0.15) is 0 Å². The number of carbonyl (C=O) groups is 2. The second-order valence-electron chi connectivity index (χ2n) is 5.45. The molecule has 18 heavy (non-hydrogen) atoms. The molecule has 104 valence electrons. The van der Waals surface area contributed by atoms with Crippen molar-refractivity contribution in [2.45, 2.75) is 33.8 Å². The van der Waals surface area contributed by atoms with Crippen molar-refractivity contribution >= 4 is 11.8 Å². The van der Waals surface area contributed by atoms with E-state index in [0.29, 0.717) is 12.5 Å². The molecule has 0 bridgehead atoms. The fourth-order valence-electron chi connectivity index (χ4n) is 1.91. The molecule has 0 saturated carbocycles. The number of imide groups is 1. The first kappa shape index (κ1) is 15.1. The summed E-state index contributed by atoms with van der Waals surface area (Å²) in [7, 11) is 0. The summed E-state index contributed by atoms with van der Waals surface area (Å²) in [5.41, 5.74) is 0. The second-order valence-corrected chi connectivity index (χ2v) is 5.45. The van der Waals surface area contributed by atoms with Crippen molar-refractivity contribution in [2.24, 2.45) is 17.8 Å². The monoisotopic (exact) mass is 257 g/mol. The zero-order valence-corrected chi connectivity index (χ0v) is 11.5. The largest absolute Gasteiger partial charge is 0.389 e. The van der Waals surface area contributed by atoms with Crippen LogP contribution in [0, 0.1) is 17.8 Å². The lowest BCUT2D eigenvalue weighted by molar-refractivity contribution is -0.142. The third kappa shape index (κ3) is 3.53. The van der Waals surface area contributed by atoms with Crippen LogP contribution < -0.4 is 0 Å². The van der Waals surface area contributed by atoms with Crippen molar-refractivity contribution in [3.8, 4) is 0 Å². The fraction of sp³-hybridized carbons (Fsp3) is 0.846. The minimum Gasteiger partial charge on any atom is -0.389 e. The molecule has 3 atom stereocenters. The maximum absolute atomic E-state index is 11.8. The molecule has 1 rings (SSSR count). The van der Waals surface area contributed by atoms with Crippen molar-refractivity contribution in [3.63, 3.8) is 0 Å². The lowest BCUT2D eigenvalue weighted by atomic mass is 10.00. The van der Waals surface area contributed by atoms with Gasteiger partial charge in [-0.15, -0.1) is 0 Å². The van der Waals surface area contributed by atoms with E-state index < -0.39 is 6.10 Å². The molecule has 5 nitrogen and oxygen atoms in total. The van der Waals surface area contributed by atoms with Gasteiger partial charge in [0.15, 0.2) is 0 Å². The summed E-state index contributed by atoms with van der Waals surface area (Å²) in [6, 6.07) is 0. The van der Waals surface area contributed by atoms with Gasteiger partial charge in [0.1, 0.15) is 0 Å². The van der Waals surface area contributed by atoms with Crippen LogP contribution in [0.5, 0.6) is 0 Å². The normalized spacial score (nSPS) is 26.2. The molecule has 0 aromatic carbocycles. The fourth-order valence-corrected chi connectivity index (χ4v) is 1.91. The summed E-state index contributed by atoms with van der Waals surface area (Å²) < 4.78 is 5.29. The predicted octanol–water partition coefficient (Wildman–Crippen LogP) is 0.661. The number of ether oxygens (including phenoxy) is 1. The minimum absolute atomic E-state index is 0.0322. The quantitative estimate of drug-likeness (QED) is 0.710. The predicted molar refractivity (Wildman–Crippen MR) is 66.7 cm³/mol. The van der Waals surface area contributed by atoms with Crippen molar-refractivity contribution in [3.05, 3.63) is 0 Å². The summed E-state index contributed by atoms with van der Waals surface area (Å²) in [4.78, 5) is 24.7. The van der Waals surface area contributed by atoms with Crippen LogP contribution in [0.1, 0.15) is 27.7 Å². The summed E-state index contributed by atoms with van der Waals surface area (Å²) in [5, 5.41) is 9.76. The van der Waals surface area contributed by atoms with Gasteiger partial charge in [-0.1, -0.05) is 27.7 Å². The zero-order chi connectivity index (χ0) is 13.9. The number of β-amino-alcohol motifs (C(OH)–C–C–N with tert-alkyl or cyclic N) is 1. The van der Waals surface area contributed by atoms with Gasteiger partial charge in [-0.05, 0) is 5.92 Å². The lowest BCUT2D eigenvalue weighted by Crippen LogP contribution is -2.39. The van der Waals surface area contributed by atoms with Gasteiger partial charge in [0.05, 0.1) is 19.3 Å². The molecule has 0 aromatic rings. The maximum Gasteiger partial charge on any atom is 0.232 e. The summed E-state index contributed by atoms with van der Waals surface area (Å²) >= 11 is 0. The van der Waals surface area contributed by atoms with Gasteiger partial charge in [-0.25, -0.2) is 0 Å². The van der Waals surface area contributed by atoms with E-state index in [2.05, 4.69) is 0 Å². The summed E-state index contributed by atoms with van der Waals surface area (Å²) in [5.74, 6) is -0.583. The average Bonchev–Trinajstić information content (AvgIpc) is 2.46. The maximum atomic E-state index is 11.8. The number of likely N-dealkylation sites (tertiary alicyclic amines) is 1. The molecule has 2 amide bonds. The van der Waals surface area contributed by atoms with Crippen LogP contribution in [-0.4, -0.2) is 47.7 Å². The smallest absolute Gasteiger partial charge is 0.232 e. The standard InChI is InChI=1S/C13H23NO4/c1-8(2)6-18-7-11(15)5-14-12(16)9(3)10(4)13(14)17/h8-11,15H,5-7H2,1-4H3/t9-,10-,11-/m1/s1. The molecule has 5 heteroatoms. The first-order valence-corrected chi connectivity index (χ1v) is 6.45. The molecule has 0 aliphatic carbocycles. The number of nitrogens with zero attached hydrogens (tertiary/aromatic N) is 1. The molecular weight excluding hydrogens is 234 g/mol. The third-order valence-corrected chi connectivity index (χ3v) is 3.22. The average molecular weight is 257 g/mol. The Kier molecular flexibility index (Phi) is 5.28. The third-order valence-electron chi connectivity index (χ3n) is 3.22. The van der Waals surface area contributed by atoms with E-state index in [1.165, 1.54) is 0 Å². The second kappa shape index (κ2) is 6.29. The molecule has 1 aliphatic heterocycles. The van der Waals surface area contributed by atoms with E-state index in [-0.39, 0.29) is 36.8 Å². The first-order valence-electron chi connectivity index (χ1n) is 6.45. The van der Waals surface area contributed by atoms with Gasteiger partial charge in [0.25, 0.3) is 0 Å². The first-order chi connectivity index (χ1) is 8.34. The Morgan fingerprint density at radius 1 is 1.17 bits per heavy atom. The Balaban J connectivity index is 2.42. The topological polar surface area (TPSA) is 66.8 Å². The molecule has 0 aromatic heterocycles. The molecule has 0 radical (unpaired) electrons. The van der Waals surface area contributed by atoms with Crippen molar-refractivity contribution < 1.29 is 19.4 Å². The van der Waals surface area contributed by atoms with E-state index >= 15 is 0 Å². The van der Waals surface area contributed by atoms with Crippen LogP contribution in [0.25, 0.3) is 0 Å². The van der Waals surface area contributed by atoms with Crippen LogP contribution >= 0.6 is 0 Å². The van der Waals surface area contributed by atoms with E-state index in [0.717, 1.165) is 4.90 Å². The van der Waals surface area contributed by atoms with Crippen LogP contribution in [-0.2, 0) is 14.3 Å². The van der Waals surface area contributed by atoms with Crippen LogP contribution in [0.15, 0.2) is 0 Å². The molecule has 0 spiro atoms. The van der Waals surface area contributed by atoms with E-state index in [4.69, 9.17) is 4.74 Å². The minimum atomic E-state index is -0.811. The highest BCUT2D eigenvalue weighted by molar-refractivity contribution is 6.04. The molecule has 1 saturated heterocycles. The van der Waals surface area contributed by atoms with Gasteiger partial charge in [0, 0.05) is 18.4 Å². The van der Waals surface area contributed by atoms with E-state index in [9.17, 15) is 14.7 Å². The van der Waals surface area contributed by atoms with Crippen LogP contribution in [0.3, 0.4) is 0 Å². The lowest BCUT2D eigenvalue weighted by Gasteiger charge is -2.19. The van der Waals surface area contributed by atoms with E-state index in [1.54, 1.807) is 13.8 Å². The number of rotatable bonds is 6. The molecule has 1 N–H and O–H groups in total. The summed E-state index contributed by atoms with van der Waals surface area (Å²) in [6.45, 7) is 8.26. The Labute approximate surface area is 108 Å². The number of carbonyl (C=O) groups excluding carboxylic acids is 2.